The molecule has 0 atom stereocenters. The van der Waals surface area contributed by atoms with Crippen molar-refractivity contribution in [3.05, 3.63) is 53.6 Å². The van der Waals surface area contributed by atoms with Crippen molar-refractivity contribution < 1.29 is 19.1 Å². The maximum Gasteiger partial charge on any atom is 0.238 e. The molecule has 7 nitrogen and oxygen atoms in total. The Kier molecular flexibility index (Phi) is 6.37. The summed E-state index contributed by atoms with van der Waals surface area (Å²) in [5.74, 6) is 1.58. The number of aryl methyl sites for hydroxylation is 1. The fourth-order valence-electron chi connectivity index (χ4n) is 4.51. The molecule has 2 aliphatic rings. The van der Waals surface area contributed by atoms with Crippen LogP contribution < -0.4 is 14.8 Å². The SMILES string of the molecule is COc1cccc(NC(=O)CN2CCC3(CC2)CN(C(C)=O)Cc2cc(C)ccc2O3)c1. The van der Waals surface area contributed by atoms with E-state index in [-0.39, 0.29) is 11.8 Å². The molecule has 2 aromatic carbocycles. The van der Waals surface area contributed by atoms with E-state index in [9.17, 15) is 9.59 Å². The summed E-state index contributed by atoms with van der Waals surface area (Å²) >= 11 is 0. The summed E-state index contributed by atoms with van der Waals surface area (Å²) in [4.78, 5) is 28.9. The lowest BCUT2D eigenvalue weighted by molar-refractivity contribution is -0.132. The number of nitrogens with one attached hydrogen (secondary N) is 1. The Morgan fingerprint density at radius 1 is 1.16 bits per heavy atom. The number of anilines is 1. The van der Waals surface area contributed by atoms with Crippen LogP contribution in [-0.2, 0) is 16.1 Å². The van der Waals surface area contributed by atoms with Crippen LogP contribution in [0.2, 0.25) is 0 Å². The molecule has 0 aliphatic carbocycles. The number of fused-ring (bicyclic) bond motifs is 1. The molecule has 0 saturated carbocycles. The fraction of sp³-hybridized carbons (Fsp3) is 0.440. The first kappa shape index (κ1) is 22.1. The van der Waals surface area contributed by atoms with Gasteiger partial charge in [-0.2, -0.15) is 0 Å². The minimum atomic E-state index is -0.425. The van der Waals surface area contributed by atoms with E-state index in [4.69, 9.17) is 9.47 Å². The second kappa shape index (κ2) is 9.20. The van der Waals surface area contributed by atoms with Crippen LogP contribution in [-0.4, -0.2) is 60.5 Å². The summed E-state index contributed by atoms with van der Waals surface area (Å²) in [7, 11) is 1.60. The standard InChI is InChI=1S/C25H31N3O4/c1-18-7-8-23-20(13-18)15-28(19(2)29)17-25(32-23)9-11-27(12-10-25)16-24(30)26-21-5-4-6-22(14-21)31-3/h4-8,13-14H,9-12,15-17H2,1-3H3,(H,26,30). The zero-order valence-electron chi connectivity index (χ0n) is 19.0. The lowest BCUT2D eigenvalue weighted by Crippen LogP contribution is -2.54. The van der Waals surface area contributed by atoms with E-state index < -0.39 is 5.60 Å². The van der Waals surface area contributed by atoms with Gasteiger partial charge in [-0.1, -0.05) is 23.8 Å². The predicted molar refractivity (Wildman–Crippen MR) is 123 cm³/mol. The number of rotatable bonds is 4. The van der Waals surface area contributed by atoms with E-state index in [1.54, 1.807) is 20.1 Å². The maximum atomic E-state index is 12.6. The van der Waals surface area contributed by atoms with Gasteiger partial charge in [0.1, 0.15) is 17.1 Å². The van der Waals surface area contributed by atoms with Crippen molar-refractivity contribution in [2.24, 2.45) is 0 Å². The van der Waals surface area contributed by atoms with Gasteiger partial charge in [-0.3, -0.25) is 14.5 Å². The molecule has 2 aliphatic heterocycles. The Hall–Kier alpha value is -3.06. The van der Waals surface area contributed by atoms with Gasteiger partial charge in [0.15, 0.2) is 0 Å². The average Bonchev–Trinajstić information content (AvgIpc) is 2.92. The molecule has 0 radical (unpaired) electrons. The molecule has 32 heavy (non-hydrogen) atoms. The number of hydrogen-bond acceptors (Lipinski definition) is 5. The maximum absolute atomic E-state index is 12.6. The van der Waals surface area contributed by atoms with Crippen LogP contribution in [0.3, 0.4) is 0 Å². The van der Waals surface area contributed by atoms with Crippen LogP contribution in [0, 0.1) is 6.92 Å². The largest absolute Gasteiger partial charge is 0.497 e. The highest BCUT2D eigenvalue weighted by molar-refractivity contribution is 5.92. The number of nitrogens with zero attached hydrogens (tertiary/aromatic N) is 2. The number of likely N-dealkylation sites (tertiary alicyclic amines) is 1. The molecule has 170 valence electrons. The average molecular weight is 438 g/mol. The van der Waals surface area contributed by atoms with Gasteiger partial charge in [0.2, 0.25) is 11.8 Å². The molecule has 0 unspecified atom stereocenters. The summed E-state index contributed by atoms with van der Waals surface area (Å²) < 4.78 is 11.8. The van der Waals surface area contributed by atoms with E-state index in [1.165, 1.54) is 0 Å². The van der Waals surface area contributed by atoms with Gasteiger partial charge in [-0.15, -0.1) is 0 Å². The predicted octanol–water partition coefficient (Wildman–Crippen LogP) is 3.22. The Morgan fingerprint density at radius 2 is 1.94 bits per heavy atom. The van der Waals surface area contributed by atoms with Gasteiger partial charge in [-0.05, 0) is 25.1 Å². The molecular formula is C25H31N3O4. The van der Waals surface area contributed by atoms with Crippen molar-refractivity contribution in [3.8, 4) is 11.5 Å². The van der Waals surface area contributed by atoms with Gasteiger partial charge < -0.3 is 19.7 Å². The zero-order chi connectivity index (χ0) is 22.7. The van der Waals surface area contributed by atoms with E-state index in [2.05, 4.69) is 16.3 Å². The van der Waals surface area contributed by atoms with Gasteiger partial charge in [0, 0.05) is 56.7 Å². The molecule has 1 saturated heterocycles. The third kappa shape index (κ3) is 5.05. The summed E-state index contributed by atoms with van der Waals surface area (Å²) in [5, 5.41) is 2.94. The minimum absolute atomic E-state index is 0.0535. The second-order valence-corrected chi connectivity index (χ2v) is 8.83. The number of carbonyl (C=O) groups excluding carboxylic acids is 2. The first-order valence-electron chi connectivity index (χ1n) is 11.1. The Labute approximate surface area is 189 Å². The monoisotopic (exact) mass is 437 g/mol. The topological polar surface area (TPSA) is 71.1 Å². The van der Waals surface area contributed by atoms with Gasteiger partial charge in [0.25, 0.3) is 0 Å². The van der Waals surface area contributed by atoms with Crippen molar-refractivity contribution in [1.29, 1.82) is 0 Å². The molecule has 1 spiro atoms. The first-order chi connectivity index (χ1) is 15.4. The van der Waals surface area contributed by atoms with Crippen molar-refractivity contribution in [2.45, 2.75) is 38.8 Å². The van der Waals surface area contributed by atoms with E-state index >= 15 is 0 Å². The molecule has 2 amide bonds. The van der Waals surface area contributed by atoms with Crippen LogP contribution in [0.1, 0.15) is 30.9 Å². The van der Waals surface area contributed by atoms with Crippen LogP contribution in [0.15, 0.2) is 42.5 Å². The smallest absolute Gasteiger partial charge is 0.238 e. The fourth-order valence-corrected chi connectivity index (χ4v) is 4.51. The lowest BCUT2D eigenvalue weighted by atomic mass is 9.90. The molecule has 4 rings (SSSR count). The summed E-state index contributed by atoms with van der Waals surface area (Å²) in [5.41, 5.74) is 2.51. The Balaban J connectivity index is 1.40. The normalized spacial score (nSPS) is 17.8. The van der Waals surface area contributed by atoms with Gasteiger partial charge >= 0.3 is 0 Å². The van der Waals surface area contributed by atoms with E-state index in [0.717, 1.165) is 48.5 Å². The Bertz CT molecular complexity index is 998. The molecule has 2 heterocycles. The van der Waals surface area contributed by atoms with Crippen LogP contribution in [0.25, 0.3) is 0 Å². The van der Waals surface area contributed by atoms with E-state index in [1.807, 2.05) is 42.2 Å². The van der Waals surface area contributed by atoms with Crippen molar-refractivity contribution >= 4 is 17.5 Å². The lowest BCUT2D eigenvalue weighted by Gasteiger charge is -2.42. The molecule has 0 aromatic heterocycles. The van der Waals surface area contributed by atoms with Crippen molar-refractivity contribution in [2.75, 3.05) is 38.6 Å². The quantitative estimate of drug-likeness (QED) is 0.795. The number of hydrogen-bond donors (Lipinski definition) is 1. The summed E-state index contributed by atoms with van der Waals surface area (Å²) in [6.07, 6.45) is 1.52. The minimum Gasteiger partial charge on any atom is -0.497 e. The number of amides is 2. The number of benzene rings is 2. The number of piperidine rings is 1. The number of methoxy groups -OCH3 is 1. The number of carbonyl (C=O) groups is 2. The Morgan fingerprint density at radius 3 is 2.66 bits per heavy atom. The second-order valence-electron chi connectivity index (χ2n) is 8.83. The molecular weight excluding hydrogens is 406 g/mol. The first-order valence-corrected chi connectivity index (χ1v) is 11.1. The molecule has 1 fully saturated rings. The third-order valence-electron chi connectivity index (χ3n) is 6.32. The highest BCUT2D eigenvalue weighted by Gasteiger charge is 2.41. The summed E-state index contributed by atoms with van der Waals surface area (Å²) in [6.45, 7) is 6.59. The zero-order valence-corrected chi connectivity index (χ0v) is 19.0. The molecule has 7 heteroatoms. The van der Waals surface area contributed by atoms with E-state index in [0.29, 0.717) is 25.4 Å². The molecule has 0 bridgehead atoms. The van der Waals surface area contributed by atoms with Crippen LogP contribution >= 0.6 is 0 Å². The molecule has 2 aromatic rings. The van der Waals surface area contributed by atoms with Crippen molar-refractivity contribution in [1.82, 2.24) is 9.80 Å². The van der Waals surface area contributed by atoms with Crippen LogP contribution in [0.4, 0.5) is 5.69 Å². The van der Waals surface area contributed by atoms with Crippen molar-refractivity contribution in [3.63, 3.8) is 0 Å². The highest BCUT2D eigenvalue weighted by Crippen LogP contribution is 2.36. The van der Waals surface area contributed by atoms with Gasteiger partial charge in [-0.25, -0.2) is 0 Å². The van der Waals surface area contributed by atoms with Crippen LogP contribution in [0.5, 0.6) is 11.5 Å². The summed E-state index contributed by atoms with van der Waals surface area (Å²) in [6, 6.07) is 13.5. The number of ether oxygens (including phenoxy) is 2. The van der Waals surface area contributed by atoms with Gasteiger partial charge in [0.05, 0.1) is 20.2 Å². The highest BCUT2D eigenvalue weighted by atomic mass is 16.5. The third-order valence-corrected chi connectivity index (χ3v) is 6.32. The molecule has 1 N–H and O–H groups in total.